The lowest BCUT2D eigenvalue weighted by Gasteiger charge is -2.51. The molecule has 10 heteroatoms. The van der Waals surface area contributed by atoms with E-state index in [2.05, 4.69) is 16.0 Å². The molecule has 0 radical (unpaired) electrons. The van der Waals surface area contributed by atoms with Gasteiger partial charge in [-0.25, -0.2) is 0 Å². The summed E-state index contributed by atoms with van der Waals surface area (Å²) >= 11 is 0. The standard InChI is InChI=1S/C40H55N3O7/c1-39(2,3)49-31(44)23-42-34-36(46-25-28-17-11-8-12-18-28)33(41-7)37(47-26-29-19-13-9-14-20-29)35(43-24-32(45)50-40(4,5)6)38(34)48-27-30-21-15-10-16-22-30/h8-22,33-38,41-43H,23-27H2,1-7H3. The van der Waals surface area contributed by atoms with Gasteiger partial charge in [0, 0.05) is 0 Å². The minimum absolute atomic E-state index is 0.0803. The quantitative estimate of drug-likeness (QED) is 0.179. The lowest BCUT2D eigenvalue weighted by Crippen LogP contribution is -2.75. The molecular formula is C40H55N3O7. The Balaban J connectivity index is 1.74. The van der Waals surface area contributed by atoms with Gasteiger partial charge in [-0.05, 0) is 65.3 Å². The first kappa shape index (κ1) is 39.2. The van der Waals surface area contributed by atoms with Crippen molar-refractivity contribution in [2.75, 3.05) is 20.1 Å². The number of benzene rings is 3. The highest BCUT2D eigenvalue weighted by atomic mass is 16.6. The van der Waals surface area contributed by atoms with E-state index in [9.17, 15) is 9.59 Å². The number of nitrogens with one attached hydrogen (secondary N) is 3. The topological polar surface area (TPSA) is 116 Å². The van der Waals surface area contributed by atoms with Crippen LogP contribution in [0.3, 0.4) is 0 Å². The molecule has 1 fully saturated rings. The van der Waals surface area contributed by atoms with Crippen molar-refractivity contribution in [3.63, 3.8) is 0 Å². The third-order valence-corrected chi connectivity index (χ3v) is 8.12. The van der Waals surface area contributed by atoms with Crippen LogP contribution in [0.5, 0.6) is 0 Å². The molecule has 0 aliphatic heterocycles. The molecule has 3 N–H and O–H groups in total. The SMILES string of the molecule is CNC1C(OCc2ccccc2)C(NCC(=O)OC(C)(C)C)C(OCc2ccccc2)C(NCC(=O)OC(C)(C)C)C1OCc1ccccc1. The lowest BCUT2D eigenvalue weighted by atomic mass is 9.79. The highest BCUT2D eigenvalue weighted by Crippen LogP contribution is 2.31. The molecule has 4 unspecified atom stereocenters. The maximum absolute atomic E-state index is 13.1. The summed E-state index contributed by atoms with van der Waals surface area (Å²) in [5.74, 6) is -0.800. The maximum atomic E-state index is 13.1. The van der Waals surface area contributed by atoms with Gasteiger partial charge >= 0.3 is 11.9 Å². The van der Waals surface area contributed by atoms with Crippen molar-refractivity contribution in [3.8, 4) is 0 Å². The summed E-state index contributed by atoms with van der Waals surface area (Å²) in [6.45, 7) is 11.8. The van der Waals surface area contributed by atoms with Crippen LogP contribution in [0.2, 0.25) is 0 Å². The van der Waals surface area contributed by atoms with Crippen LogP contribution >= 0.6 is 0 Å². The summed E-state index contributed by atoms with van der Waals surface area (Å²) in [4.78, 5) is 26.2. The number of carbonyl (C=O) groups excluding carboxylic acids is 2. The van der Waals surface area contributed by atoms with Gasteiger partial charge in [-0.1, -0.05) is 91.0 Å². The number of hydrogen-bond acceptors (Lipinski definition) is 10. The third kappa shape index (κ3) is 12.6. The third-order valence-electron chi connectivity index (χ3n) is 8.12. The summed E-state index contributed by atoms with van der Waals surface area (Å²) in [6, 6.07) is 28.3. The Morgan fingerprint density at radius 2 is 0.820 bits per heavy atom. The Bertz CT molecular complexity index is 1360. The second kappa shape index (κ2) is 18.6. The van der Waals surface area contributed by atoms with Crippen LogP contribution in [0.15, 0.2) is 91.0 Å². The molecule has 4 atom stereocenters. The second-order valence-corrected chi connectivity index (χ2v) is 14.6. The minimum Gasteiger partial charge on any atom is -0.459 e. The van der Waals surface area contributed by atoms with E-state index < -0.39 is 59.6 Å². The molecule has 0 amide bonds. The molecule has 0 heterocycles. The van der Waals surface area contributed by atoms with Crippen LogP contribution in [0.1, 0.15) is 58.2 Å². The van der Waals surface area contributed by atoms with Crippen molar-refractivity contribution in [2.45, 2.75) is 109 Å². The molecule has 3 aromatic rings. The maximum Gasteiger partial charge on any atom is 0.320 e. The van der Waals surface area contributed by atoms with Gasteiger partial charge in [-0.2, -0.15) is 0 Å². The fourth-order valence-corrected chi connectivity index (χ4v) is 6.10. The number of carbonyl (C=O) groups is 2. The van der Waals surface area contributed by atoms with E-state index in [1.807, 2.05) is 140 Å². The largest absolute Gasteiger partial charge is 0.459 e. The predicted octanol–water partition coefficient (Wildman–Crippen LogP) is 4.94. The van der Waals surface area contributed by atoms with Gasteiger partial charge in [-0.3, -0.25) is 20.2 Å². The average molecular weight is 690 g/mol. The summed E-state index contributed by atoms with van der Waals surface area (Å²) in [7, 11) is 1.86. The molecule has 4 rings (SSSR count). The molecule has 0 spiro atoms. The minimum atomic E-state index is -0.654. The highest BCUT2D eigenvalue weighted by molar-refractivity contribution is 5.72. The zero-order valence-electron chi connectivity index (χ0n) is 30.5. The van der Waals surface area contributed by atoms with Crippen molar-refractivity contribution >= 4 is 11.9 Å². The fraction of sp³-hybridized carbons (Fsp3) is 0.500. The lowest BCUT2D eigenvalue weighted by molar-refractivity contribution is -0.169. The summed E-state index contributed by atoms with van der Waals surface area (Å²) in [5, 5.41) is 10.4. The fourth-order valence-electron chi connectivity index (χ4n) is 6.10. The summed E-state index contributed by atoms with van der Waals surface area (Å²) < 4.78 is 31.7. The number of ether oxygens (including phenoxy) is 5. The van der Waals surface area contributed by atoms with Gasteiger partial charge in [0.1, 0.15) is 11.2 Å². The van der Waals surface area contributed by atoms with Gasteiger partial charge in [0.15, 0.2) is 0 Å². The van der Waals surface area contributed by atoms with Crippen molar-refractivity contribution in [1.82, 2.24) is 16.0 Å². The monoisotopic (exact) mass is 689 g/mol. The molecule has 1 saturated carbocycles. The van der Waals surface area contributed by atoms with Crippen LogP contribution < -0.4 is 16.0 Å². The van der Waals surface area contributed by atoms with E-state index in [-0.39, 0.29) is 19.7 Å². The van der Waals surface area contributed by atoms with Crippen molar-refractivity contribution in [3.05, 3.63) is 108 Å². The molecular weight excluding hydrogens is 634 g/mol. The van der Waals surface area contributed by atoms with E-state index >= 15 is 0 Å². The summed E-state index contributed by atoms with van der Waals surface area (Å²) in [6.07, 6.45) is -1.71. The average Bonchev–Trinajstić information content (AvgIpc) is 3.07. The van der Waals surface area contributed by atoms with Crippen LogP contribution in [-0.4, -0.2) is 79.7 Å². The summed E-state index contributed by atoms with van der Waals surface area (Å²) in [5.41, 5.74) is 1.67. The smallest absolute Gasteiger partial charge is 0.320 e. The predicted molar refractivity (Wildman–Crippen MR) is 193 cm³/mol. The van der Waals surface area contributed by atoms with Crippen molar-refractivity contribution in [2.24, 2.45) is 0 Å². The van der Waals surface area contributed by atoms with E-state index in [1.54, 1.807) is 0 Å². The molecule has 3 aromatic carbocycles. The Labute approximate surface area is 297 Å². The Morgan fingerprint density at radius 1 is 0.520 bits per heavy atom. The van der Waals surface area contributed by atoms with E-state index in [4.69, 9.17) is 23.7 Å². The first-order valence-corrected chi connectivity index (χ1v) is 17.4. The Morgan fingerprint density at radius 3 is 1.10 bits per heavy atom. The van der Waals surface area contributed by atoms with E-state index in [0.717, 1.165) is 16.7 Å². The van der Waals surface area contributed by atoms with Crippen LogP contribution in [0.4, 0.5) is 0 Å². The zero-order chi connectivity index (χ0) is 36.1. The zero-order valence-corrected chi connectivity index (χ0v) is 30.5. The molecule has 1 aliphatic carbocycles. The van der Waals surface area contributed by atoms with Crippen LogP contribution in [0, 0.1) is 0 Å². The van der Waals surface area contributed by atoms with Gasteiger partial charge in [-0.15, -0.1) is 0 Å². The Kier molecular flexibility index (Phi) is 14.5. The molecule has 0 aromatic heterocycles. The molecule has 50 heavy (non-hydrogen) atoms. The van der Waals surface area contributed by atoms with Crippen molar-refractivity contribution < 1.29 is 33.3 Å². The number of esters is 2. The molecule has 1 aliphatic rings. The molecule has 272 valence electrons. The molecule has 0 saturated heterocycles. The number of rotatable bonds is 16. The molecule has 10 nitrogen and oxygen atoms in total. The van der Waals surface area contributed by atoms with Gasteiger partial charge < -0.3 is 29.0 Å². The van der Waals surface area contributed by atoms with Gasteiger partial charge in [0.05, 0.1) is 69.3 Å². The molecule has 0 bridgehead atoms. The van der Waals surface area contributed by atoms with Gasteiger partial charge in [0.2, 0.25) is 0 Å². The van der Waals surface area contributed by atoms with E-state index in [0.29, 0.717) is 13.2 Å². The Hall–Kier alpha value is -3.64. The van der Waals surface area contributed by atoms with Gasteiger partial charge in [0.25, 0.3) is 0 Å². The van der Waals surface area contributed by atoms with Crippen LogP contribution in [-0.2, 0) is 53.1 Å². The first-order valence-electron chi connectivity index (χ1n) is 17.4. The second-order valence-electron chi connectivity index (χ2n) is 14.6. The number of hydrogen-bond donors (Lipinski definition) is 3. The highest BCUT2D eigenvalue weighted by Gasteiger charge is 2.52. The van der Waals surface area contributed by atoms with Crippen LogP contribution in [0.25, 0.3) is 0 Å². The first-order chi connectivity index (χ1) is 23.8. The normalized spacial score (nSPS) is 22.5. The van der Waals surface area contributed by atoms with E-state index in [1.165, 1.54) is 0 Å². The number of likely N-dealkylation sites (N-methyl/N-ethyl adjacent to an activating group) is 1. The van der Waals surface area contributed by atoms with Crippen molar-refractivity contribution in [1.29, 1.82) is 0 Å².